The van der Waals surface area contributed by atoms with Crippen LogP contribution in [0.25, 0.3) is 27.8 Å². The minimum atomic E-state index is -0.351. The van der Waals surface area contributed by atoms with Gasteiger partial charge in [0.2, 0.25) is 0 Å². The van der Waals surface area contributed by atoms with Gasteiger partial charge in [-0.15, -0.1) is 0 Å². The zero-order valence-electron chi connectivity index (χ0n) is 21.6. The number of carbonyl (C=O) groups excluding carboxylic acids is 1. The molecule has 1 saturated heterocycles. The second-order valence-corrected chi connectivity index (χ2v) is 9.39. The van der Waals surface area contributed by atoms with Crippen LogP contribution in [-0.4, -0.2) is 58.1 Å². The maximum atomic E-state index is 13.3. The number of carbonyl (C=O) groups is 1. The predicted molar refractivity (Wildman–Crippen MR) is 150 cm³/mol. The first kappa shape index (κ1) is 24.6. The molecule has 1 aliphatic rings. The van der Waals surface area contributed by atoms with Gasteiger partial charge in [-0.25, -0.2) is 14.4 Å². The third kappa shape index (κ3) is 4.81. The number of halogens is 1. The molecule has 196 valence electrons. The molecule has 6 rings (SSSR count). The Hall–Kier alpha value is -4.72. The molecule has 0 N–H and O–H groups in total. The van der Waals surface area contributed by atoms with Crippen molar-refractivity contribution in [1.29, 1.82) is 0 Å². The van der Waals surface area contributed by atoms with E-state index in [1.165, 1.54) is 24.3 Å². The first-order valence-electron chi connectivity index (χ1n) is 13.1. The van der Waals surface area contributed by atoms with Gasteiger partial charge >= 0.3 is 0 Å². The molecule has 1 fully saturated rings. The van der Waals surface area contributed by atoms with E-state index in [1.54, 1.807) is 6.33 Å². The third-order valence-electron chi connectivity index (χ3n) is 7.03. The molecule has 2 aromatic heterocycles. The van der Waals surface area contributed by atoms with Crippen LogP contribution in [0.3, 0.4) is 0 Å². The largest absolute Gasteiger partial charge is 0.494 e. The van der Waals surface area contributed by atoms with Gasteiger partial charge in [-0.3, -0.25) is 4.79 Å². The van der Waals surface area contributed by atoms with Crippen LogP contribution in [0, 0.1) is 5.82 Å². The number of aromatic nitrogens is 3. The van der Waals surface area contributed by atoms with Crippen LogP contribution >= 0.6 is 0 Å². The van der Waals surface area contributed by atoms with Crippen LogP contribution in [0.15, 0.2) is 91.4 Å². The van der Waals surface area contributed by atoms with Crippen molar-refractivity contribution < 1.29 is 13.9 Å². The highest BCUT2D eigenvalue weighted by Crippen LogP contribution is 2.37. The Labute approximate surface area is 226 Å². The van der Waals surface area contributed by atoms with Crippen molar-refractivity contribution in [3.05, 3.63) is 103 Å². The summed E-state index contributed by atoms with van der Waals surface area (Å²) in [6, 6.07) is 23.9. The lowest BCUT2D eigenvalue weighted by Gasteiger charge is -2.35. The van der Waals surface area contributed by atoms with Crippen LogP contribution in [0.5, 0.6) is 5.75 Å². The highest BCUT2D eigenvalue weighted by molar-refractivity contribution is 6.02. The highest BCUT2D eigenvalue weighted by atomic mass is 19.1. The number of fused-ring (bicyclic) bond motifs is 1. The van der Waals surface area contributed by atoms with Gasteiger partial charge in [0.1, 0.15) is 23.7 Å². The van der Waals surface area contributed by atoms with E-state index >= 15 is 0 Å². The van der Waals surface area contributed by atoms with Gasteiger partial charge in [0.15, 0.2) is 5.65 Å². The molecule has 1 amide bonds. The van der Waals surface area contributed by atoms with E-state index in [2.05, 4.69) is 27.8 Å². The number of nitrogens with zero attached hydrogens (tertiary/aromatic N) is 5. The van der Waals surface area contributed by atoms with Crippen LogP contribution in [0.4, 0.5) is 10.2 Å². The summed E-state index contributed by atoms with van der Waals surface area (Å²) in [5.74, 6) is 1.23. The van der Waals surface area contributed by atoms with Crippen molar-refractivity contribution in [2.24, 2.45) is 0 Å². The molecule has 5 aromatic rings. The van der Waals surface area contributed by atoms with E-state index in [0.29, 0.717) is 38.3 Å². The van der Waals surface area contributed by atoms with Gasteiger partial charge in [0.25, 0.3) is 5.91 Å². The molecular weight excluding hydrogens is 493 g/mol. The fraction of sp³-hybridized carbons (Fsp3) is 0.194. The van der Waals surface area contributed by atoms with E-state index in [-0.39, 0.29) is 11.7 Å². The van der Waals surface area contributed by atoms with Crippen molar-refractivity contribution in [3.8, 4) is 22.6 Å². The average Bonchev–Trinajstić information content (AvgIpc) is 3.38. The summed E-state index contributed by atoms with van der Waals surface area (Å²) in [4.78, 5) is 26.4. The fourth-order valence-corrected chi connectivity index (χ4v) is 5.08. The van der Waals surface area contributed by atoms with E-state index in [9.17, 15) is 9.18 Å². The Morgan fingerprint density at radius 2 is 1.62 bits per heavy atom. The van der Waals surface area contributed by atoms with Crippen molar-refractivity contribution in [2.45, 2.75) is 6.92 Å². The molecule has 0 radical (unpaired) electrons. The lowest BCUT2D eigenvalue weighted by atomic mass is 10.1. The monoisotopic (exact) mass is 521 g/mol. The quantitative estimate of drug-likeness (QED) is 0.292. The minimum Gasteiger partial charge on any atom is -0.494 e. The molecule has 0 spiro atoms. The van der Waals surface area contributed by atoms with Gasteiger partial charge in [-0.1, -0.05) is 30.3 Å². The molecule has 0 bridgehead atoms. The van der Waals surface area contributed by atoms with Crippen LogP contribution in [0.2, 0.25) is 0 Å². The molecule has 7 nitrogen and oxygen atoms in total. The van der Waals surface area contributed by atoms with Crippen molar-refractivity contribution in [3.63, 3.8) is 0 Å². The summed E-state index contributed by atoms with van der Waals surface area (Å²) in [5, 5.41) is 0.968. The van der Waals surface area contributed by atoms with Crippen molar-refractivity contribution in [1.82, 2.24) is 19.4 Å². The normalized spacial score (nSPS) is 13.6. The molecule has 0 aliphatic carbocycles. The molecule has 3 heterocycles. The number of ether oxygens (including phenoxy) is 1. The van der Waals surface area contributed by atoms with Gasteiger partial charge in [-0.2, -0.15) is 0 Å². The van der Waals surface area contributed by atoms with Gasteiger partial charge in [0, 0.05) is 49.2 Å². The zero-order valence-corrected chi connectivity index (χ0v) is 21.6. The maximum absolute atomic E-state index is 13.3. The Kier molecular flexibility index (Phi) is 6.67. The first-order valence-corrected chi connectivity index (χ1v) is 13.1. The van der Waals surface area contributed by atoms with Crippen LogP contribution in [0.1, 0.15) is 17.3 Å². The molecule has 8 heteroatoms. The standard InChI is InChI=1S/C31H28FN5O2/c1-2-39-26-14-12-25(13-15-26)37-20-27(22-6-4-3-5-7-22)28-29(33-21-34-30(28)37)35-16-18-36(19-17-35)31(38)23-8-10-24(32)11-9-23/h3-15,20-21H,2,16-19H2,1H3. The number of hydrogen-bond acceptors (Lipinski definition) is 5. The van der Waals surface area contributed by atoms with Crippen molar-refractivity contribution >= 4 is 22.8 Å². The fourth-order valence-electron chi connectivity index (χ4n) is 5.08. The molecule has 0 unspecified atom stereocenters. The van der Waals surface area contributed by atoms with Gasteiger partial charge in [-0.05, 0) is 61.0 Å². The smallest absolute Gasteiger partial charge is 0.253 e. The number of amides is 1. The van der Waals surface area contributed by atoms with E-state index in [1.807, 2.05) is 54.3 Å². The Morgan fingerprint density at radius 3 is 2.31 bits per heavy atom. The van der Waals surface area contributed by atoms with E-state index < -0.39 is 0 Å². The van der Waals surface area contributed by atoms with Crippen molar-refractivity contribution in [2.75, 3.05) is 37.7 Å². The Balaban J connectivity index is 1.35. The first-order chi connectivity index (χ1) is 19.1. The lowest BCUT2D eigenvalue weighted by Crippen LogP contribution is -2.49. The molecular formula is C31H28FN5O2. The molecule has 3 aromatic carbocycles. The summed E-state index contributed by atoms with van der Waals surface area (Å²) in [6.07, 6.45) is 3.72. The summed E-state index contributed by atoms with van der Waals surface area (Å²) in [5.41, 5.74) is 4.40. The maximum Gasteiger partial charge on any atom is 0.253 e. The molecule has 0 atom stereocenters. The number of rotatable bonds is 6. The second-order valence-electron chi connectivity index (χ2n) is 9.39. The Morgan fingerprint density at radius 1 is 0.897 bits per heavy atom. The van der Waals surface area contributed by atoms with Crippen LogP contribution in [-0.2, 0) is 0 Å². The predicted octanol–water partition coefficient (Wildman–Crippen LogP) is 5.59. The van der Waals surface area contributed by atoms with E-state index in [0.717, 1.165) is 39.4 Å². The summed E-state index contributed by atoms with van der Waals surface area (Å²) in [7, 11) is 0. The zero-order chi connectivity index (χ0) is 26.8. The summed E-state index contributed by atoms with van der Waals surface area (Å²) in [6.45, 7) is 4.92. The summed E-state index contributed by atoms with van der Waals surface area (Å²) < 4.78 is 21.0. The SMILES string of the molecule is CCOc1ccc(-n2cc(-c3ccccc3)c3c(N4CCN(C(=O)c5ccc(F)cc5)CC4)ncnc32)cc1. The average molecular weight is 522 g/mol. The number of anilines is 1. The topological polar surface area (TPSA) is 63.5 Å². The second kappa shape index (κ2) is 10.6. The molecule has 1 aliphatic heterocycles. The third-order valence-corrected chi connectivity index (χ3v) is 7.03. The summed E-state index contributed by atoms with van der Waals surface area (Å²) >= 11 is 0. The van der Waals surface area contributed by atoms with E-state index in [4.69, 9.17) is 14.7 Å². The Bertz CT molecular complexity index is 1590. The molecule has 0 saturated carbocycles. The van der Waals surface area contributed by atoms with Gasteiger partial charge in [0.05, 0.1) is 12.0 Å². The molecule has 39 heavy (non-hydrogen) atoms. The van der Waals surface area contributed by atoms with Crippen LogP contribution < -0.4 is 9.64 Å². The minimum absolute atomic E-state index is 0.0888. The highest BCUT2D eigenvalue weighted by Gasteiger charge is 2.26. The number of piperazine rings is 1. The number of benzene rings is 3. The number of hydrogen-bond donors (Lipinski definition) is 0. The lowest BCUT2D eigenvalue weighted by molar-refractivity contribution is 0.0746. The van der Waals surface area contributed by atoms with Gasteiger partial charge < -0.3 is 19.1 Å².